The second-order valence-corrected chi connectivity index (χ2v) is 4.56. The number of rotatable bonds is 3. The molecule has 2 aromatic rings. The van der Waals surface area contributed by atoms with Crippen LogP contribution in [0.15, 0.2) is 18.3 Å². The molecule has 1 N–H and O–H groups in total. The Labute approximate surface area is 108 Å². The first-order valence-electron chi connectivity index (χ1n) is 5.41. The number of carbonyl (C=O) groups is 1. The lowest BCUT2D eigenvalue weighted by Crippen LogP contribution is -2.03. The van der Waals surface area contributed by atoms with Gasteiger partial charge in [-0.2, -0.15) is 0 Å². The van der Waals surface area contributed by atoms with Gasteiger partial charge in [0.15, 0.2) is 0 Å². The van der Waals surface area contributed by atoms with E-state index in [0.29, 0.717) is 22.2 Å². The van der Waals surface area contributed by atoms with Gasteiger partial charge >= 0.3 is 5.97 Å². The number of esters is 1. The third kappa shape index (κ3) is 2.48. The second-order valence-electron chi connectivity index (χ2n) is 3.56. The Morgan fingerprint density at radius 1 is 1.50 bits per heavy atom. The molecule has 0 aliphatic rings. The topological polar surface area (TPSA) is 72.3 Å². The highest BCUT2D eigenvalue weighted by molar-refractivity contribution is 7.17. The van der Waals surface area contributed by atoms with Crippen LogP contribution in [0.5, 0.6) is 5.88 Å². The number of ether oxygens (including phenoxy) is 1. The van der Waals surface area contributed by atoms with Crippen LogP contribution in [0.4, 0.5) is 0 Å². The summed E-state index contributed by atoms with van der Waals surface area (Å²) < 4.78 is 4.95. The SMILES string of the molecule is CCOC(=O)c1sc(-c2ccc(O)nc2)nc1C. The number of aryl methyl sites for hydroxylation is 1. The van der Waals surface area contributed by atoms with Crippen molar-refractivity contribution in [2.24, 2.45) is 0 Å². The van der Waals surface area contributed by atoms with E-state index in [2.05, 4.69) is 9.97 Å². The normalized spacial score (nSPS) is 10.3. The Balaban J connectivity index is 2.34. The minimum absolute atomic E-state index is 0.0438. The van der Waals surface area contributed by atoms with E-state index in [-0.39, 0.29) is 11.8 Å². The zero-order valence-electron chi connectivity index (χ0n) is 10.0. The minimum atomic E-state index is -0.356. The van der Waals surface area contributed by atoms with Crippen LogP contribution >= 0.6 is 11.3 Å². The van der Waals surface area contributed by atoms with Crippen molar-refractivity contribution in [2.45, 2.75) is 13.8 Å². The van der Waals surface area contributed by atoms with E-state index in [1.165, 1.54) is 23.6 Å². The molecular formula is C12H12N2O3S. The number of hydrogen-bond acceptors (Lipinski definition) is 6. The first-order chi connectivity index (χ1) is 8.61. The maximum absolute atomic E-state index is 11.7. The maximum atomic E-state index is 11.7. The van der Waals surface area contributed by atoms with E-state index < -0.39 is 0 Å². The fourth-order valence-electron chi connectivity index (χ4n) is 1.42. The molecule has 0 bridgehead atoms. The van der Waals surface area contributed by atoms with Gasteiger partial charge in [0.2, 0.25) is 5.88 Å². The van der Waals surface area contributed by atoms with Gasteiger partial charge in [-0.25, -0.2) is 14.8 Å². The van der Waals surface area contributed by atoms with Crippen LogP contribution in [0.3, 0.4) is 0 Å². The molecule has 0 aromatic carbocycles. The summed E-state index contributed by atoms with van der Waals surface area (Å²) >= 11 is 1.26. The lowest BCUT2D eigenvalue weighted by atomic mass is 10.3. The van der Waals surface area contributed by atoms with E-state index in [0.717, 1.165) is 5.56 Å². The zero-order valence-corrected chi connectivity index (χ0v) is 10.8. The molecule has 0 atom stereocenters. The molecule has 0 saturated heterocycles. The van der Waals surface area contributed by atoms with Crippen molar-refractivity contribution >= 4 is 17.3 Å². The van der Waals surface area contributed by atoms with Crippen molar-refractivity contribution in [3.05, 3.63) is 28.9 Å². The van der Waals surface area contributed by atoms with Crippen LogP contribution in [0, 0.1) is 6.92 Å². The molecule has 5 nitrogen and oxygen atoms in total. The van der Waals surface area contributed by atoms with Crippen molar-refractivity contribution < 1.29 is 14.6 Å². The molecule has 0 fully saturated rings. The molecule has 6 heteroatoms. The molecule has 0 aliphatic heterocycles. The minimum Gasteiger partial charge on any atom is -0.493 e. The molecular weight excluding hydrogens is 252 g/mol. The predicted octanol–water partition coefficient (Wildman–Crippen LogP) is 2.40. The standard InChI is InChI=1S/C12H12N2O3S/c1-3-17-12(16)10-7(2)14-11(18-10)8-4-5-9(15)13-6-8/h4-6H,3H2,1-2H3,(H,13,15). The lowest BCUT2D eigenvalue weighted by molar-refractivity contribution is 0.0531. The molecule has 18 heavy (non-hydrogen) atoms. The number of aromatic nitrogens is 2. The quantitative estimate of drug-likeness (QED) is 0.862. The number of aromatic hydroxyl groups is 1. The third-order valence-electron chi connectivity index (χ3n) is 2.25. The van der Waals surface area contributed by atoms with Crippen LogP contribution in [-0.4, -0.2) is 27.7 Å². The van der Waals surface area contributed by atoms with E-state index in [1.54, 1.807) is 19.9 Å². The summed E-state index contributed by atoms with van der Waals surface area (Å²) in [6, 6.07) is 3.19. The molecule has 0 spiro atoms. The summed E-state index contributed by atoms with van der Waals surface area (Å²) in [7, 11) is 0. The molecule has 2 aromatic heterocycles. The van der Waals surface area contributed by atoms with Crippen LogP contribution in [0.2, 0.25) is 0 Å². The van der Waals surface area contributed by atoms with E-state index in [4.69, 9.17) is 9.84 Å². The Hall–Kier alpha value is -1.95. The number of pyridine rings is 1. The maximum Gasteiger partial charge on any atom is 0.350 e. The highest BCUT2D eigenvalue weighted by Crippen LogP contribution is 2.28. The zero-order chi connectivity index (χ0) is 13.1. The first-order valence-corrected chi connectivity index (χ1v) is 6.23. The predicted molar refractivity (Wildman–Crippen MR) is 67.7 cm³/mol. The Morgan fingerprint density at radius 2 is 2.28 bits per heavy atom. The Kier molecular flexibility index (Phi) is 3.57. The summed E-state index contributed by atoms with van der Waals surface area (Å²) in [5.74, 6) is -0.400. The summed E-state index contributed by atoms with van der Waals surface area (Å²) in [5.41, 5.74) is 1.40. The van der Waals surface area contributed by atoms with Gasteiger partial charge in [0.1, 0.15) is 9.88 Å². The fourth-order valence-corrected chi connectivity index (χ4v) is 2.37. The van der Waals surface area contributed by atoms with Crippen LogP contribution in [-0.2, 0) is 4.74 Å². The molecule has 2 rings (SSSR count). The van der Waals surface area contributed by atoms with Crippen molar-refractivity contribution in [3.8, 4) is 16.5 Å². The number of hydrogen-bond donors (Lipinski definition) is 1. The molecule has 0 aliphatic carbocycles. The van der Waals surface area contributed by atoms with Crippen molar-refractivity contribution in [1.29, 1.82) is 0 Å². The molecule has 94 valence electrons. The van der Waals surface area contributed by atoms with Crippen molar-refractivity contribution in [1.82, 2.24) is 9.97 Å². The van der Waals surface area contributed by atoms with Gasteiger partial charge in [-0.05, 0) is 19.9 Å². The largest absolute Gasteiger partial charge is 0.493 e. The van der Waals surface area contributed by atoms with Gasteiger partial charge in [-0.15, -0.1) is 11.3 Å². The van der Waals surface area contributed by atoms with Gasteiger partial charge in [0.25, 0.3) is 0 Å². The van der Waals surface area contributed by atoms with Crippen LogP contribution < -0.4 is 0 Å². The Bertz CT molecular complexity index is 563. The molecule has 2 heterocycles. The molecule has 0 saturated carbocycles. The molecule has 0 amide bonds. The number of nitrogens with zero attached hydrogens (tertiary/aromatic N) is 2. The van der Waals surface area contributed by atoms with Crippen LogP contribution in [0.1, 0.15) is 22.3 Å². The average molecular weight is 264 g/mol. The van der Waals surface area contributed by atoms with Crippen LogP contribution in [0.25, 0.3) is 10.6 Å². The summed E-state index contributed by atoms with van der Waals surface area (Å²) in [5, 5.41) is 9.80. The summed E-state index contributed by atoms with van der Waals surface area (Å²) in [4.78, 5) is 20.2. The number of carbonyl (C=O) groups excluding carboxylic acids is 1. The first kappa shape index (κ1) is 12.5. The second kappa shape index (κ2) is 5.14. The van der Waals surface area contributed by atoms with Gasteiger partial charge in [-0.1, -0.05) is 0 Å². The van der Waals surface area contributed by atoms with E-state index >= 15 is 0 Å². The van der Waals surface area contributed by atoms with Gasteiger partial charge in [0.05, 0.1) is 12.3 Å². The number of thiazole rings is 1. The van der Waals surface area contributed by atoms with Gasteiger partial charge < -0.3 is 9.84 Å². The Morgan fingerprint density at radius 3 is 2.89 bits per heavy atom. The fraction of sp³-hybridized carbons (Fsp3) is 0.250. The van der Waals surface area contributed by atoms with E-state index in [1.807, 2.05) is 0 Å². The highest BCUT2D eigenvalue weighted by atomic mass is 32.1. The summed E-state index contributed by atoms with van der Waals surface area (Å²) in [6.45, 7) is 3.87. The molecule has 0 radical (unpaired) electrons. The summed E-state index contributed by atoms with van der Waals surface area (Å²) in [6.07, 6.45) is 1.52. The monoisotopic (exact) mass is 264 g/mol. The highest BCUT2D eigenvalue weighted by Gasteiger charge is 2.17. The van der Waals surface area contributed by atoms with Crippen molar-refractivity contribution in [2.75, 3.05) is 6.61 Å². The average Bonchev–Trinajstić information content (AvgIpc) is 2.72. The van der Waals surface area contributed by atoms with E-state index in [9.17, 15) is 4.79 Å². The smallest absolute Gasteiger partial charge is 0.350 e. The van der Waals surface area contributed by atoms with Gasteiger partial charge in [0, 0.05) is 17.8 Å². The lowest BCUT2D eigenvalue weighted by Gasteiger charge is -1.97. The van der Waals surface area contributed by atoms with Gasteiger partial charge in [-0.3, -0.25) is 0 Å². The molecule has 0 unspecified atom stereocenters. The third-order valence-corrected chi connectivity index (χ3v) is 3.44. The van der Waals surface area contributed by atoms with Crippen molar-refractivity contribution in [3.63, 3.8) is 0 Å².